The molecule has 0 aromatic carbocycles. The monoisotopic (exact) mass is 309 g/mol. The maximum atomic E-state index is 9.19. The van der Waals surface area contributed by atoms with E-state index in [4.69, 9.17) is 4.55 Å². The van der Waals surface area contributed by atoms with Gasteiger partial charge in [-0.15, -0.1) is 0 Å². The Bertz CT molecular complexity index is 269. The highest BCUT2D eigenvalue weighted by Crippen LogP contribution is 2.10. The van der Waals surface area contributed by atoms with E-state index in [0.29, 0.717) is 6.26 Å². The molecule has 0 radical (unpaired) electrons. The normalized spacial score (nSPS) is 11.3. The molecular weight excluding hydrogens is 274 g/mol. The van der Waals surface area contributed by atoms with Gasteiger partial charge in [0.1, 0.15) is 0 Å². The van der Waals surface area contributed by atoms with Crippen LogP contribution in [0.5, 0.6) is 0 Å². The van der Waals surface area contributed by atoms with Crippen LogP contribution in [0.1, 0.15) is 71.1 Å². The molecule has 0 aliphatic heterocycles. The molecule has 0 amide bonds. The molecule has 0 aromatic rings. The summed E-state index contributed by atoms with van der Waals surface area (Å²) in [5.74, 6) is 0. The Morgan fingerprint density at radius 3 is 1.40 bits per heavy atom. The summed E-state index contributed by atoms with van der Waals surface area (Å²) < 4.78 is 25.9. The van der Waals surface area contributed by atoms with Crippen LogP contribution in [-0.2, 0) is 10.1 Å². The fraction of sp³-hybridized carbons (Fsp3) is 1.00. The van der Waals surface area contributed by atoms with Gasteiger partial charge in [0.15, 0.2) is 0 Å². The van der Waals surface area contributed by atoms with Gasteiger partial charge in [0, 0.05) is 0 Å². The zero-order valence-electron chi connectivity index (χ0n) is 13.9. The molecule has 0 atom stereocenters. The summed E-state index contributed by atoms with van der Waals surface area (Å²) in [5, 5.41) is 0. The van der Waals surface area contributed by atoms with Gasteiger partial charge < -0.3 is 4.90 Å². The molecule has 0 saturated heterocycles. The van der Waals surface area contributed by atoms with Crippen molar-refractivity contribution in [2.24, 2.45) is 0 Å². The van der Waals surface area contributed by atoms with Gasteiger partial charge in [-0.25, -0.2) is 0 Å². The van der Waals surface area contributed by atoms with Crippen LogP contribution in [-0.4, -0.2) is 44.8 Å². The van der Waals surface area contributed by atoms with E-state index in [9.17, 15) is 8.42 Å². The molecule has 0 aliphatic rings. The highest BCUT2D eigenvalue weighted by molar-refractivity contribution is 7.85. The van der Waals surface area contributed by atoms with Crippen molar-refractivity contribution in [3.63, 3.8) is 0 Å². The molecule has 0 unspecified atom stereocenters. The van der Waals surface area contributed by atoms with E-state index in [1.165, 1.54) is 70.8 Å². The molecular formula is C15H35NO3S. The Hall–Kier alpha value is -0.130. The number of hydrogen-bond donors (Lipinski definition) is 1. The lowest BCUT2D eigenvalue weighted by molar-refractivity contribution is 0.389. The fourth-order valence-corrected chi connectivity index (χ4v) is 1.92. The van der Waals surface area contributed by atoms with E-state index in [2.05, 4.69) is 25.9 Å². The van der Waals surface area contributed by atoms with Crippen molar-refractivity contribution >= 4 is 10.1 Å². The first-order valence-electron chi connectivity index (χ1n) is 7.84. The van der Waals surface area contributed by atoms with Crippen LogP contribution in [0, 0.1) is 0 Å². The van der Waals surface area contributed by atoms with Gasteiger partial charge in [0.25, 0.3) is 10.1 Å². The van der Waals surface area contributed by atoms with Gasteiger partial charge in [0.05, 0.1) is 6.26 Å². The minimum absolute atomic E-state index is 0.715. The third kappa shape index (κ3) is 36.1. The van der Waals surface area contributed by atoms with E-state index in [1.54, 1.807) is 0 Å². The molecule has 0 saturated carbocycles. The van der Waals surface area contributed by atoms with Crippen molar-refractivity contribution in [1.29, 1.82) is 0 Å². The zero-order chi connectivity index (χ0) is 15.9. The Kier molecular flexibility index (Phi) is 16.9. The lowest BCUT2D eigenvalue weighted by atomic mass is 10.1. The molecule has 0 bridgehead atoms. The predicted octanol–water partition coefficient (Wildman–Crippen LogP) is 3.97. The van der Waals surface area contributed by atoms with Crippen molar-refractivity contribution in [3.05, 3.63) is 0 Å². The maximum Gasteiger partial charge on any atom is 0.261 e. The summed E-state index contributed by atoms with van der Waals surface area (Å²) >= 11 is 0. The fourth-order valence-electron chi connectivity index (χ4n) is 1.92. The highest BCUT2D eigenvalue weighted by atomic mass is 32.2. The molecule has 5 heteroatoms. The topological polar surface area (TPSA) is 57.6 Å². The van der Waals surface area contributed by atoms with E-state index in [1.807, 2.05) is 0 Å². The van der Waals surface area contributed by atoms with Crippen LogP contribution in [0.15, 0.2) is 0 Å². The Morgan fingerprint density at radius 2 is 1.10 bits per heavy atom. The molecule has 0 heterocycles. The van der Waals surface area contributed by atoms with Gasteiger partial charge >= 0.3 is 0 Å². The zero-order valence-corrected chi connectivity index (χ0v) is 14.7. The van der Waals surface area contributed by atoms with Crippen molar-refractivity contribution in [3.8, 4) is 0 Å². The number of nitrogens with zero attached hydrogens (tertiary/aromatic N) is 1. The molecule has 20 heavy (non-hydrogen) atoms. The van der Waals surface area contributed by atoms with Crippen LogP contribution in [0.2, 0.25) is 0 Å². The van der Waals surface area contributed by atoms with Crippen molar-refractivity contribution in [2.75, 3.05) is 26.9 Å². The first-order valence-corrected chi connectivity index (χ1v) is 9.69. The van der Waals surface area contributed by atoms with Crippen LogP contribution in [0.3, 0.4) is 0 Å². The third-order valence-corrected chi connectivity index (χ3v) is 2.96. The SMILES string of the molecule is CCCCCCCCCCCCN(C)C.CS(=O)(=O)O. The highest BCUT2D eigenvalue weighted by Gasteiger charge is 1.93. The molecule has 1 N–H and O–H groups in total. The summed E-state index contributed by atoms with van der Waals surface area (Å²) in [5.41, 5.74) is 0. The lowest BCUT2D eigenvalue weighted by Gasteiger charge is -2.08. The second-order valence-corrected chi connectivity index (χ2v) is 7.18. The second kappa shape index (κ2) is 15.3. The summed E-state index contributed by atoms with van der Waals surface area (Å²) in [4.78, 5) is 2.28. The first-order chi connectivity index (χ1) is 9.27. The molecule has 0 fully saturated rings. The van der Waals surface area contributed by atoms with Crippen molar-refractivity contribution in [2.45, 2.75) is 71.1 Å². The van der Waals surface area contributed by atoms with Gasteiger partial charge in [-0.2, -0.15) is 8.42 Å². The second-order valence-electron chi connectivity index (χ2n) is 5.72. The predicted molar refractivity (Wildman–Crippen MR) is 87.9 cm³/mol. The summed E-state index contributed by atoms with van der Waals surface area (Å²) in [6, 6.07) is 0. The van der Waals surface area contributed by atoms with E-state index in [-0.39, 0.29) is 0 Å². The van der Waals surface area contributed by atoms with Gasteiger partial charge in [-0.1, -0.05) is 64.7 Å². The number of unbranched alkanes of at least 4 members (excludes halogenated alkanes) is 9. The van der Waals surface area contributed by atoms with Crippen LogP contribution >= 0.6 is 0 Å². The number of rotatable bonds is 11. The smallest absolute Gasteiger partial charge is 0.261 e. The summed E-state index contributed by atoms with van der Waals surface area (Å²) in [6.07, 6.45) is 15.1. The Morgan fingerprint density at radius 1 is 0.800 bits per heavy atom. The first kappa shape index (κ1) is 22.2. The van der Waals surface area contributed by atoms with E-state index < -0.39 is 10.1 Å². The summed E-state index contributed by atoms with van der Waals surface area (Å²) in [6.45, 7) is 3.54. The van der Waals surface area contributed by atoms with Crippen LogP contribution < -0.4 is 0 Å². The standard InChI is InChI=1S/C14H31N.CH4O3S/c1-4-5-6-7-8-9-10-11-12-13-14-15(2)3;1-5(2,3)4/h4-14H2,1-3H3;1H3,(H,2,3,4). The minimum Gasteiger partial charge on any atom is -0.309 e. The van der Waals surface area contributed by atoms with Crippen LogP contribution in [0.4, 0.5) is 0 Å². The van der Waals surface area contributed by atoms with E-state index >= 15 is 0 Å². The van der Waals surface area contributed by atoms with Gasteiger partial charge in [-0.3, -0.25) is 4.55 Å². The average molecular weight is 310 g/mol. The van der Waals surface area contributed by atoms with Crippen LogP contribution in [0.25, 0.3) is 0 Å². The van der Waals surface area contributed by atoms with Crippen molar-refractivity contribution in [1.82, 2.24) is 4.90 Å². The van der Waals surface area contributed by atoms with E-state index in [0.717, 1.165) is 0 Å². The Labute approximate surface area is 126 Å². The molecule has 0 rings (SSSR count). The van der Waals surface area contributed by atoms with Gasteiger partial charge in [0.2, 0.25) is 0 Å². The lowest BCUT2D eigenvalue weighted by Crippen LogP contribution is -2.12. The van der Waals surface area contributed by atoms with Gasteiger partial charge in [-0.05, 0) is 27.1 Å². The largest absolute Gasteiger partial charge is 0.309 e. The molecule has 124 valence electrons. The molecule has 4 nitrogen and oxygen atoms in total. The van der Waals surface area contributed by atoms with Crippen molar-refractivity contribution < 1.29 is 13.0 Å². The quantitative estimate of drug-likeness (QED) is 0.463. The average Bonchev–Trinajstić information content (AvgIpc) is 2.29. The maximum absolute atomic E-state index is 9.19. The molecule has 0 spiro atoms. The number of hydrogen-bond acceptors (Lipinski definition) is 3. The third-order valence-electron chi connectivity index (χ3n) is 2.96. The molecule has 0 aromatic heterocycles. The molecule has 0 aliphatic carbocycles. The Balaban J connectivity index is 0. The summed E-state index contributed by atoms with van der Waals surface area (Å²) in [7, 11) is 0.654. The minimum atomic E-state index is -3.67.